The van der Waals surface area contributed by atoms with Crippen molar-refractivity contribution in [2.75, 3.05) is 6.54 Å². The third kappa shape index (κ3) is 4.72. The van der Waals surface area contributed by atoms with Crippen molar-refractivity contribution in [3.8, 4) is 0 Å². The molecular weight excluding hydrogens is 270 g/mol. The highest BCUT2D eigenvalue weighted by Crippen LogP contribution is 2.24. The first kappa shape index (κ1) is 17.5. The number of urea groups is 1. The number of carbonyl (C=O) groups is 3. The van der Waals surface area contributed by atoms with Crippen molar-refractivity contribution in [3.05, 3.63) is 0 Å². The molecule has 1 saturated heterocycles. The number of imide groups is 1. The molecule has 6 nitrogen and oxygen atoms in total. The average molecular weight is 297 g/mol. The Morgan fingerprint density at radius 3 is 2.38 bits per heavy atom. The molecule has 6 heteroatoms. The molecule has 0 aliphatic carbocycles. The van der Waals surface area contributed by atoms with Gasteiger partial charge in [0, 0.05) is 5.54 Å². The average Bonchev–Trinajstić information content (AvgIpc) is 2.49. The molecule has 0 bridgehead atoms. The number of amides is 4. The van der Waals surface area contributed by atoms with Crippen molar-refractivity contribution in [2.24, 2.45) is 5.92 Å². The summed E-state index contributed by atoms with van der Waals surface area (Å²) in [6.45, 7) is 11.2. The van der Waals surface area contributed by atoms with Crippen molar-refractivity contribution in [3.63, 3.8) is 0 Å². The van der Waals surface area contributed by atoms with Crippen LogP contribution in [0.15, 0.2) is 0 Å². The Labute approximate surface area is 126 Å². The van der Waals surface area contributed by atoms with Crippen molar-refractivity contribution in [1.29, 1.82) is 0 Å². The Bertz CT molecular complexity index is 440. The number of hydrogen-bond acceptors (Lipinski definition) is 3. The zero-order chi connectivity index (χ0) is 16.4. The second kappa shape index (κ2) is 6.03. The minimum Gasteiger partial charge on any atom is -0.350 e. The Hall–Kier alpha value is -1.59. The van der Waals surface area contributed by atoms with E-state index in [0.29, 0.717) is 12.3 Å². The van der Waals surface area contributed by atoms with Crippen LogP contribution in [0.2, 0.25) is 0 Å². The lowest BCUT2D eigenvalue weighted by molar-refractivity contribution is -0.135. The highest BCUT2D eigenvalue weighted by Gasteiger charge is 2.47. The Balaban J connectivity index is 2.71. The van der Waals surface area contributed by atoms with E-state index in [1.165, 1.54) is 0 Å². The molecule has 2 N–H and O–H groups in total. The molecule has 1 fully saturated rings. The van der Waals surface area contributed by atoms with Gasteiger partial charge in [0.25, 0.3) is 5.91 Å². The summed E-state index contributed by atoms with van der Waals surface area (Å²) in [5.74, 6) is -0.207. The van der Waals surface area contributed by atoms with E-state index in [1.807, 2.05) is 20.8 Å². The molecule has 0 radical (unpaired) electrons. The zero-order valence-corrected chi connectivity index (χ0v) is 13.9. The number of nitrogens with zero attached hydrogens (tertiary/aromatic N) is 1. The lowest BCUT2D eigenvalue weighted by Crippen LogP contribution is -2.48. The molecule has 1 heterocycles. The van der Waals surface area contributed by atoms with Crippen LogP contribution in [0.4, 0.5) is 4.79 Å². The number of hydrogen-bond donors (Lipinski definition) is 2. The molecule has 120 valence electrons. The van der Waals surface area contributed by atoms with Crippen LogP contribution in [0, 0.1) is 5.92 Å². The third-order valence-corrected chi connectivity index (χ3v) is 3.38. The molecular formula is C15H27N3O3. The Morgan fingerprint density at radius 1 is 1.33 bits per heavy atom. The van der Waals surface area contributed by atoms with Gasteiger partial charge in [0.15, 0.2) is 0 Å². The summed E-state index contributed by atoms with van der Waals surface area (Å²) >= 11 is 0. The van der Waals surface area contributed by atoms with E-state index in [2.05, 4.69) is 24.5 Å². The molecule has 4 amide bonds. The van der Waals surface area contributed by atoms with Gasteiger partial charge >= 0.3 is 6.03 Å². The van der Waals surface area contributed by atoms with Crippen LogP contribution in [-0.2, 0) is 9.59 Å². The molecule has 0 aromatic rings. The number of carbonyl (C=O) groups excluding carboxylic acids is 3. The van der Waals surface area contributed by atoms with E-state index in [-0.39, 0.29) is 18.4 Å². The summed E-state index contributed by atoms with van der Waals surface area (Å²) in [7, 11) is 0. The van der Waals surface area contributed by atoms with Crippen molar-refractivity contribution in [1.82, 2.24) is 15.5 Å². The SMILES string of the molecule is CC(C)CC[C@]1(C)NC(=O)N(CC(=O)NC(C)(C)C)C1=O. The van der Waals surface area contributed by atoms with E-state index in [1.54, 1.807) is 6.92 Å². The Kier molecular flexibility index (Phi) is 5.02. The van der Waals surface area contributed by atoms with Crippen molar-refractivity contribution in [2.45, 2.75) is 65.5 Å². The minimum atomic E-state index is -0.899. The van der Waals surface area contributed by atoms with E-state index < -0.39 is 17.1 Å². The van der Waals surface area contributed by atoms with Gasteiger partial charge in [-0.1, -0.05) is 13.8 Å². The van der Waals surface area contributed by atoms with E-state index in [9.17, 15) is 14.4 Å². The van der Waals surface area contributed by atoms with Gasteiger partial charge in [-0.05, 0) is 46.5 Å². The molecule has 0 saturated carbocycles. The Morgan fingerprint density at radius 2 is 1.90 bits per heavy atom. The smallest absolute Gasteiger partial charge is 0.325 e. The van der Waals surface area contributed by atoms with Gasteiger partial charge in [-0.25, -0.2) is 4.79 Å². The van der Waals surface area contributed by atoms with Crippen LogP contribution in [0.5, 0.6) is 0 Å². The van der Waals surface area contributed by atoms with Crippen LogP contribution in [0.3, 0.4) is 0 Å². The zero-order valence-electron chi connectivity index (χ0n) is 13.9. The predicted octanol–water partition coefficient (Wildman–Crippen LogP) is 1.65. The van der Waals surface area contributed by atoms with E-state index >= 15 is 0 Å². The number of nitrogens with one attached hydrogen (secondary N) is 2. The first-order valence-corrected chi connectivity index (χ1v) is 7.40. The van der Waals surface area contributed by atoms with Gasteiger partial charge in [-0.2, -0.15) is 0 Å². The molecule has 0 aromatic carbocycles. The number of rotatable bonds is 5. The van der Waals surface area contributed by atoms with Gasteiger partial charge in [-0.3, -0.25) is 14.5 Å². The molecule has 0 unspecified atom stereocenters. The predicted molar refractivity (Wildman–Crippen MR) is 80.6 cm³/mol. The first-order chi connectivity index (χ1) is 9.44. The maximum absolute atomic E-state index is 12.4. The van der Waals surface area contributed by atoms with Gasteiger partial charge in [0.1, 0.15) is 12.1 Å². The van der Waals surface area contributed by atoms with Gasteiger partial charge in [0.2, 0.25) is 5.91 Å². The van der Waals surface area contributed by atoms with Gasteiger partial charge in [-0.15, -0.1) is 0 Å². The fraction of sp³-hybridized carbons (Fsp3) is 0.800. The minimum absolute atomic E-state index is 0.237. The molecule has 1 aliphatic heterocycles. The fourth-order valence-electron chi connectivity index (χ4n) is 2.24. The quantitative estimate of drug-likeness (QED) is 0.757. The third-order valence-electron chi connectivity index (χ3n) is 3.38. The molecule has 1 rings (SSSR count). The summed E-state index contributed by atoms with van der Waals surface area (Å²) in [4.78, 5) is 37.3. The summed E-state index contributed by atoms with van der Waals surface area (Å²) in [5, 5.41) is 5.46. The molecule has 0 aromatic heterocycles. The second-order valence-electron chi connectivity index (χ2n) is 7.38. The van der Waals surface area contributed by atoms with Crippen LogP contribution >= 0.6 is 0 Å². The standard InChI is InChI=1S/C15H27N3O3/c1-10(2)7-8-15(6)12(20)18(13(21)17-15)9-11(19)16-14(3,4)5/h10H,7-9H2,1-6H3,(H,16,19)(H,17,21)/t15-/m0/s1. The van der Waals surface area contributed by atoms with Crippen LogP contribution in [0.25, 0.3) is 0 Å². The maximum Gasteiger partial charge on any atom is 0.325 e. The lowest BCUT2D eigenvalue weighted by atomic mass is 9.92. The first-order valence-electron chi connectivity index (χ1n) is 7.40. The lowest BCUT2D eigenvalue weighted by Gasteiger charge is -2.24. The van der Waals surface area contributed by atoms with Crippen molar-refractivity contribution < 1.29 is 14.4 Å². The van der Waals surface area contributed by atoms with Crippen LogP contribution in [-0.4, -0.2) is 40.4 Å². The van der Waals surface area contributed by atoms with Gasteiger partial charge in [0.05, 0.1) is 0 Å². The molecule has 0 spiro atoms. The monoisotopic (exact) mass is 297 g/mol. The maximum atomic E-state index is 12.4. The van der Waals surface area contributed by atoms with Gasteiger partial charge < -0.3 is 10.6 Å². The summed E-state index contributed by atoms with van der Waals surface area (Å²) < 4.78 is 0. The molecule has 1 atom stereocenters. The second-order valence-corrected chi connectivity index (χ2v) is 7.38. The van der Waals surface area contributed by atoms with Crippen LogP contribution < -0.4 is 10.6 Å². The van der Waals surface area contributed by atoms with Crippen LogP contribution in [0.1, 0.15) is 54.4 Å². The summed E-state index contributed by atoms with van der Waals surface area (Å²) in [6.07, 6.45) is 1.41. The van der Waals surface area contributed by atoms with E-state index in [4.69, 9.17) is 0 Å². The highest BCUT2D eigenvalue weighted by molar-refractivity contribution is 6.08. The molecule has 1 aliphatic rings. The molecule has 21 heavy (non-hydrogen) atoms. The summed E-state index contributed by atoms with van der Waals surface area (Å²) in [6, 6.07) is -0.490. The normalized spacial score (nSPS) is 22.7. The highest BCUT2D eigenvalue weighted by atomic mass is 16.2. The largest absolute Gasteiger partial charge is 0.350 e. The fourth-order valence-corrected chi connectivity index (χ4v) is 2.24. The topological polar surface area (TPSA) is 78.5 Å². The van der Waals surface area contributed by atoms with E-state index in [0.717, 1.165) is 11.3 Å². The summed E-state index contributed by atoms with van der Waals surface area (Å²) in [5.41, 5.74) is -1.29. The van der Waals surface area contributed by atoms with Crippen molar-refractivity contribution >= 4 is 17.8 Å².